The molecule has 3 aromatic rings. The van der Waals surface area contributed by atoms with Gasteiger partial charge in [-0.25, -0.2) is 4.98 Å². The van der Waals surface area contributed by atoms with Gasteiger partial charge >= 0.3 is 0 Å². The van der Waals surface area contributed by atoms with Crippen molar-refractivity contribution in [2.75, 3.05) is 0 Å². The van der Waals surface area contributed by atoms with Gasteiger partial charge in [-0.05, 0) is 35.9 Å². The van der Waals surface area contributed by atoms with E-state index in [2.05, 4.69) is 20.9 Å². The van der Waals surface area contributed by atoms with Crippen LogP contribution < -0.4 is 0 Å². The number of allylic oxidation sites excluding steroid dienone is 1. The number of aryl methyl sites for hydroxylation is 1. The summed E-state index contributed by atoms with van der Waals surface area (Å²) in [4.78, 5) is 16.7. The first-order valence-corrected chi connectivity index (χ1v) is 7.34. The number of carbonyl (C=O) groups is 1. The van der Waals surface area contributed by atoms with E-state index in [0.717, 1.165) is 21.1 Å². The van der Waals surface area contributed by atoms with Crippen LogP contribution in [0.15, 0.2) is 59.1 Å². The summed E-state index contributed by atoms with van der Waals surface area (Å²) in [5.74, 6) is 0.348. The predicted octanol–water partition coefficient (Wildman–Crippen LogP) is 4.23. The number of rotatable bonds is 3. The van der Waals surface area contributed by atoms with Crippen LogP contribution in [0, 0.1) is 0 Å². The zero-order valence-corrected chi connectivity index (χ0v) is 13.0. The first-order chi connectivity index (χ1) is 10.1. The van der Waals surface area contributed by atoms with Gasteiger partial charge < -0.3 is 4.57 Å². The molecule has 0 unspecified atom stereocenters. The summed E-state index contributed by atoms with van der Waals surface area (Å²) < 4.78 is 2.84. The van der Waals surface area contributed by atoms with Crippen LogP contribution in [0.2, 0.25) is 0 Å². The molecule has 0 saturated heterocycles. The van der Waals surface area contributed by atoms with Crippen molar-refractivity contribution in [3.8, 4) is 0 Å². The number of halogens is 1. The Kier molecular flexibility index (Phi) is 3.71. The van der Waals surface area contributed by atoms with Gasteiger partial charge in [0, 0.05) is 11.5 Å². The molecule has 0 bridgehead atoms. The second-order valence-electron chi connectivity index (χ2n) is 4.73. The monoisotopic (exact) mass is 340 g/mol. The van der Waals surface area contributed by atoms with Crippen LogP contribution >= 0.6 is 15.9 Å². The van der Waals surface area contributed by atoms with Gasteiger partial charge in [0.2, 0.25) is 5.78 Å². The maximum atomic E-state index is 12.3. The van der Waals surface area contributed by atoms with E-state index >= 15 is 0 Å². The molecule has 0 fully saturated rings. The highest BCUT2D eigenvalue weighted by Crippen LogP contribution is 2.16. The highest BCUT2D eigenvalue weighted by Gasteiger charge is 2.12. The lowest BCUT2D eigenvalue weighted by Gasteiger charge is -1.98. The molecule has 0 aliphatic rings. The van der Waals surface area contributed by atoms with E-state index in [0.29, 0.717) is 5.82 Å². The molecule has 0 aliphatic carbocycles. The minimum atomic E-state index is -0.100. The summed E-state index contributed by atoms with van der Waals surface area (Å²) in [6, 6.07) is 15.5. The van der Waals surface area contributed by atoms with Gasteiger partial charge in [-0.2, -0.15) is 0 Å². The van der Waals surface area contributed by atoms with Gasteiger partial charge in [0.1, 0.15) is 0 Å². The molecule has 0 saturated carbocycles. The Morgan fingerprint density at radius 1 is 1.14 bits per heavy atom. The number of fused-ring (bicyclic) bond motifs is 1. The lowest BCUT2D eigenvalue weighted by atomic mass is 10.2. The fourth-order valence-electron chi connectivity index (χ4n) is 2.19. The number of benzene rings is 2. The van der Waals surface area contributed by atoms with E-state index in [9.17, 15) is 4.79 Å². The van der Waals surface area contributed by atoms with Crippen molar-refractivity contribution >= 4 is 38.8 Å². The first kappa shape index (κ1) is 13.8. The lowest BCUT2D eigenvalue weighted by molar-refractivity contribution is 0.103. The van der Waals surface area contributed by atoms with E-state index in [1.165, 1.54) is 0 Å². The van der Waals surface area contributed by atoms with Gasteiger partial charge in [0.25, 0.3) is 0 Å². The number of hydrogen-bond donors (Lipinski definition) is 0. The molecule has 0 aliphatic heterocycles. The fourth-order valence-corrected chi connectivity index (χ4v) is 2.45. The van der Waals surface area contributed by atoms with Crippen molar-refractivity contribution in [2.24, 2.45) is 7.05 Å². The Balaban J connectivity index is 1.90. The Bertz CT molecular complexity index is 832. The number of ketones is 1. The van der Waals surface area contributed by atoms with Gasteiger partial charge in [-0.15, -0.1) is 0 Å². The highest BCUT2D eigenvalue weighted by molar-refractivity contribution is 9.10. The van der Waals surface area contributed by atoms with Gasteiger partial charge in [0.15, 0.2) is 5.82 Å². The number of aromatic nitrogens is 2. The van der Waals surface area contributed by atoms with Crippen molar-refractivity contribution in [3.63, 3.8) is 0 Å². The second kappa shape index (κ2) is 5.66. The molecule has 0 spiro atoms. The number of carbonyl (C=O) groups excluding carboxylic acids is 1. The van der Waals surface area contributed by atoms with E-state index in [-0.39, 0.29) is 5.78 Å². The van der Waals surface area contributed by atoms with Crippen LogP contribution in [0.3, 0.4) is 0 Å². The molecule has 104 valence electrons. The van der Waals surface area contributed by atoms with Gasteiger partial charge in [-0.3, -0.25) is 4.79 Å². The Morgan fingerprint density at radius 3 is 2.57 bits per heavy atom. The molecule has 0 radical (unpaired) electrons. The van der Waals surface area contributed by atoms with E-state index in [1.807, 2.05) is 60.1 Å². The van der Waals surface area contributed by atoms with E-state index in [4.69, 9.17) is 0 Å². The SMILES string of the molecule is Cn1c(C(=O)/C=C/c2ccc(Br)cc2)nc2ccccc21. The molecule has 1 aromatic heterocycles. The molecular formula is C17H13BrN2O. The average Bonchev–Trinajstić information content (AvgIpc) is 2.84. The van der Waals surface area contributed by atoms with Crippen molar-refractivity contribution in [1.29, 1.82) is 0 Å². The second-order valence-corrected chi connectivity index (χ2v) is 5.65. The number of imidazole rings is 1. The molecule has 21 heavy (non-hydrogen) atoms. The van der Waals surface area contributed by atoms with Gasteiger partial charge in [-0.1, -0.05) is 46.3 Å². The number of nitrogens with zero attached hydrogens (tertiary/aromatic N) is 2. The molecule has 4 heteroatoms. The van der Waals surface area contributed by atoms with Crippen molar-refractivity contribution in [2.45, 2.75) is 0 Å². The molecule has 3 nitrogen and oxygen atoms in total. The van der Waals surface area contributed by atoms with Crippen LogP contribution in [-0.2, 0) is 7.05 Å². The summed E-state index contributed by atoms with van der Waals surface area (Å²) in [6.45, 7) is 0. The van der Waals surface area contributed by atoms with E-state index in [1.54, 1.807) is 12.2 Å². The normalized spacial score (nSPS) is 11.3. The minimum Gasteiger partial charge on any atom is -0.324 e. The number of para-hydroxylation sites is 2. The molecule has 0 N–H and O–H groups in total. The predicted molar refractivity (Wildman–Crippen MR) is 88.2 cm³/mol. The summed E-state index contributed by atoms with van der Waals surface area (Å²) in [7, 11) is 1.86. The zero-order valence-electron chi connectivity index (χ0n) is 11.5. The smallest absolute Gasteiger partial charge is 0.221 e. The molecule has 2 aromatic carbocycles. The Labute approximate surface area is 131 Å². The van der Waals surface area contributed by atoms with Crippen LogP contribution in [-0.4, -0.2) is 15.3 Å². The summed E-state index contributed by atoms with van der Waals surface area (Å²) in [5, 5.41) is 0. The lowest BCUT2D eigenvalue weighted by Crippen LogP contribution is -2.04. The molecule has 3 rings (SSSR count). The quantitative estimate of drug-likeness (QED) is 0.528. The maximum absolute atomic E-state index is 12.3. The highest BCUT2D eigenvalue weighted by atomic mass is 79.9. The Morgan fingerprint density at radius 2 is 1.86 bits per heavy atom. The van der Waals surface area contributed by atoms with Crippen LogP contribution in [0.4, 0.5) is 0 Å². The van der Waals surface area contributed by atoms with Crippen molar-refractivity contribution < 1.29 is 4.79 Å². The topological polar surface area (TPSA) is 34.9 Å². The third kappa shape index (κ3) is 2.81. The van der Waals surface area contributed by atoms with Crippen molar-refractivity contribution in [3.05, 3.63) is 70.5 Å². The van der Waals surface area contributed by atoms with Gasteiger partial charge in [0.05, 0.1) is 11.0 Å². The largest absolute Gasteiger partial charge is 0.324 e. The standard InChI is InChI=1S/C17H13BrN2O/c1-20-15-5-3-2-4-14(15)19-17(20)16(21)11-8-12-6-9-13(18)10-7-12/h2-11H,1H3/b11-8+. The average molecular weight is 341 g/mol. The summed E-state index contributed by atoms with van der Waals surface area (Å²) in [6.07, 6.45) is 3.36. The number of hydrogen-bond acceptors (Lipinski definition) is 2. The Hall–Kier alpha value is -2.20. The van der Waals surface area contributed by atoms with Crippen LogP contribution in [0.1, 0.15) is 16.2 Å². The molecular weight excluding hydrogens is 328 g/mol. The molecule has 1 heterocycles. The fraction of sp³-hybridized carbons (Fsp3) is 0.0588. The third-order valence-electron chi connectivity index (χ3n) is 3.30. The summed E-state index contributed by atoms with van der Waals surface area (Å²) >= 11 is 3.39. The van der Waals surface area contributed by atoms with Crippen LogP contribution in [0.25, 0.3) is 17.1 Å². The van der Waals surface area contributed by atoms with E-state index < -0.39 is 0 Å². The van der Waals surface area contributed by atoms with Crippen LogP contribution in [0.5, 0.6) is 0 Å². The summed E-state index contributed by atoms with van der Waals surface area (Å²) in [5.41, 5.74) is 2.77. The third-order valence-corrected chi connectivity index (χ3v) is 3.83. The zero-order chi connectivity index (χ0) is 14.8. The molecule has 0 amide bonds. The van der Waals surface area contributed by atoms with Crippen molar-refractivity contribution in [1.82, 2.24) is 9.55 Å². The maximum Gasteiger partial charge on any atom is 0.221 e. The minimum absolute atomic E-state index is 0.100. The molecule has 0 atom stereocenters. The first-order valence-electron chi connectivity index (χ1n) is 6.54.